The normalized spacial score (nSPS) is 17.2. The minimum atomic E-state index is 0.465. The van der Waals surface area contributed by atoms with Crippen LogP contribution in [0.5, 0.6) is 0 Å². The van der Waals surface area contributed by atoms with Crippen LogP contribution in [0.2, 0.25) is 15.1 Å². The molecule has 1 aromatic carbocycles. The van der Waals surface area contributed by atoms with Gasteiger partial charge in [0.25, 0.3) is 0 Å². The van der Waals surface area contributed by atoms with Gasteiger partial charge < -0.3 is 5.32 Å². The molecule has 0 bridgehead atoms. The van der Waals surface area contributed by atoms with Gasteiger partial charge in [-0.1, -0.05) is 40.9 Å². The van der Waals surface area contributed by atoms with Crippen molar-refractivity contribution >= 4 is 34.8 Å². The molecule has 0 unspecified atom stereocenters. The summed E-state index contributed by atoms with van der Waals surface area (Å²) in [6.07, 6.45) is 0. The molecule has 0 aromatic heterocycles. The molecule has 0 aliphatic carbocycles. The maximum absolute atomic E-state index is 6.06. The smallest absolute Gasteiger partial charge is 0.0781 e. The molecular formula is C9H8Cl3N. The van der Waals surface area contributed by atoms with Gasteiger partial charge in [0, 0.05) is 19.0 Å². The lowest BCUT2D eigenvalue weighted by Gasteiger charge is -2.28. The Morgan fingerprint density at radius 3 is 2.31 bits per heavy atom. The van der Waals surface area contributed by atoms with Gasteiger partial charge in [0.15, 0.2) is 0 Å². The van der Waals surface area contributed by atoms with E-state index in [4.69, 9.17) is 34.8 Å². The van der Waals surface area contributed by atoms with Crippen molar-refractivity contribution < 1.29 is 0 Å². The quantitative estimate of drug-likeness (QED) is 0.738. The molecular weight excluding hydrogens is 228 g/mol. The Hall–Kier alpha value is 0.0500. The molecule has 2 rings (SSSR count). The van der Waals surface area contributed by atoms with Crippen molar-refractivity contribution in [1.29, 1.82) is 0 Å². The second-order valence-electron chi connectivity index (χ2n) is 3.12. The van der Waals surface area contributed by atoms with E-state index in [1.54, 1.807) is 6.07 Å². The third kappa shape index (κ3) is 1.66. The summed E-state index contributed by atoms with van der Waals surface area (Å²) < 4.78 is 0. The minimum Gasteiger partial charge on any atom is -0.315 e. The van der Waals surface area contributed by atoms with Crippen molar-refractivity contribution in [1.82, 2.24) is 5.32 Å². The molecule has 13 heavy (non-hydrogen) atoms. The lowest BCUT2D eigenvalue weighted by molar-refractivity contribution is 0.448. The van der Waals surface area contributed by atoms with Gasteiger partial charge in [-0.3, -0.25) is 0 Å². The van der Waals surface area contributed by atoms with E-state index in [0.717, 1.165) is 18.7 Å². The Morgan fingerprint density at radius 1 is 1.08 bits per heavy atom. The highest BCUT2D eigenvalue weighted by molar-refractivity contribution is 6.48. The Morgan fingerprint density at radius 2 is 1.77 bits per heavy atom. The van der Waals surface area contributed by atoms with Crippen LogP contribution in [-0.4, -0.2) is 13.1 Å². The molecule has 1 aliphatic rings. The van der Waals surface area contributed by atoms with Crippen LogP contribution in [0.15, 0.2) is 12.1 Å². The van der Waals surface area contributed by atoms with Gasteiger partial charge >= 0.3 is 0 Å². The summed E-state index contributed by atoms with van der Waals surface area (Å²) in [6.45, 7) is 1.94. The van der Waals surface area contributed by atoms with Crippen molar-refractivity contribution in [2.75, 3.05) is 13.1 Å². The van der Waals surface area contributed by atoms with E-state index in [9.17, 15) is 0 Å². The highest BCUT2D eigenvalue weighted by Gasteiger charge is 2.22. The molecule has 0 spiro atoms. The summed E-state index contributed by atoms with van der Waals surface area (Å²) in [5.41, 5.74) is 1.09. The van der Waals surface area contributed by atoms with Crippen LogP contribution in [0.1, 0.15) is 11.5 Å². The topological polar surface area (TPSA) is 12.0 Å². The fraction of sp³-hybridized carbons (Fsp3) is 0.333. The molecule has 1 nitrogen and oxygen atoms in total. The molecule has 0 radical (unpaired) electrons. The summed E-state index contributed by atoms with van der Waals surface area (Å²) >= 11 is 17.8. The maximum Gasteiger partial charge on any atom is 0.0781 e. The Bertz CT molecular complexity index is 334. The van der Waals surface area contributed by atoms with Gasteiger partial charge in [-0.25, -0.2) is 0 Å². The zero-order chi connectivity index (χ0) is 9.42. The van der Waals surface area contributed by atoms with Gasteiger partial charge in [0.2, 0.25) is 0 Å². The summed E-state index contributed by atoms with van der Waals surface area (Å²) in [5, 5.41) is 4.77. The van der Waals surface area contributed by atoms with E-state index in [-0.39, 0.29) is 0 Å². The minimum absolute atomic E-state index is 0.465. The molecule has 1 fully saturated rings. The first-order valence-corrected chi connectivity index (χ1v) is 5.17. The van der Waals surface area contributed by atoms with Gasteiger partial charge in [-0.05, 0) is 11.6 Å². The fourth-order valence-corrected chi connectivity index (χ4v) is 2.06. The third-order valence-corrected chi connectivity index (χ3v) is 3.59. The first-order valence-electron chi connectivity index (χ1n) is 4.04. The first-order chi connectivity index (χ1) is 6.20. The number of nitrogens with one attached hydrogen (secondary N) is 1. The standard InChI is InChI=1S/C9H8Cl3N/c10-7-2-1-6(5-3-13-4-5)8(11)9(7)12/h1-2,5,13H,3-4H2. The molecule has 0 saturated carbocycles. The summed E-state index contributed by atoms with van der Waals surface area (Å²) in [6, 6.07) is 3.74. The van der Waals surface area contributed by atoms with E-state index in [2.05, 4.69) is 5.32 Å². The number of hydrogen-bond donors (Lipinski definition) is 1. The second kappa shape index (κ2) is 3.66. The molecule has 1 heterocycles. The van der Waals surface area contributed by atoms with Gasteiger partial charge in [-0.15, -0.1) is 0 Å². The average molecular weight is 237 g/mol. The van der Waals surface area contributed by atoms with E-state index >= 15 is 0 Å². The van der Waals surface area contributed by atoms with Crippen molar-refractivity contribution in [3.63, 3.8) is 0 Å². The molecule has 1 N–H and O–H groups in total. The summed E-state index contributed by atoms with van der Waals surface area (Å²) in [4.78, 5) is 0. The lowest BCUT2D eigenvalue weighted by atomic mass is 9.94. The van der Waals surface area contributed by atoms with Crippen LogP contribution in [0.4, 0.5) is 0 Å². The molecule has 0 atom stereocenters. The molecule has 0 amide bonds. The predicted octanol–water partition coefficient (Wildman–Crippen LogP) is 3.33. The van der Waals surface area contributed by atoms with Crippen LogP contribution in [-0.2, 0) is 0 Å². The molecule has 1 aromatic rings. The second-order valence-corrected chi connectivity index (χ2v) is 4.28. The fourth-order valence-electron chi connectivity index (χ4n) is 1.36. The number of benzene rings is 1. The molecule has 1 saturated heterocycles. The maximum atomic E-state index is 6.06. The number of hydrogen-bond acceptors (Lipinski definition) is 1. The van der Waals surface area contributed by atoms with Crippen LogP contribution in [0, 0.1) is 0 Å². The van der Waals surface area contributed by atoms with Crippen molar-refractivity contribution in [3.8, 4) is 0 Å². The Kier molecular flexibility index (Phi) is 2.70. The largest absolute Gasteiger partial charge is 0.315 e. The predicted molar refractivity (Wildman–Crippen MR) is 57.1 cm³/mol. The van der Waals surface area contributed by atoms with Crippen LogP contribution in [0.3, 0.4) is 0 Å². The van der Waals surface area contributed by atoms with E-state index in [1.807, 2.05) is 6.07 Å². The Labute approximate surface area is 92.0 Å². The SMILES string of the molecule is Clc1ccc(C2CNC2)c(Cl)c1Cl. The van der Waals surface area contributed by atoms with Crippen LogP contribution in [0.25, 0.3) is 0 Å². The lowest BCUT2D eigenvalue weighted by Crippen LogP contribution is -2.40. The van der Waals surface area contributed by atoms with Crippen molar-refractivity contribution in [3.05, 3.63) is 32.8 Å². The summed E-state index contributed by atoms with van der Waals surface area (Å²) in [5.74, 6) is 0.488. The third-order valence-electron chi connectivity index (χ3n) is 2.29. The van der Waals surface area contributed by atoms with Crippen molar-refractivity contribution in [2.45, 2.75) is 5.92 Å². The Balaban J connectivity index is 2.41. The van der Waals surface area contributed by atoms with E-state index < -0.39 is 0 Å². The van der Waals surface area contributed by atoms with Gasteiger partial charge in [-0.2, -0.15) is 0 Å². The van der Waals surface area contributed by atoms with Gasteiger partial charge in [0.05, 0.1) is 15.1 Å². The van der Waals surface area contributed by atoms with Gasteiger partial charge in [0.1, 0.15) is 0 Å². The number of halogens is 3. The van der Waals surface area contributed by atoms with E-state index in [1.165, 1.54) is 0 Å². The van der Waals surface area contributed by atoms with E-state index in [0.29, 0.717) is 21.0 Å². The number of rotatable bonds is 1. The van der Waals surface area contributed by atoms with Crippen molar-refractivity contribution in [2.24, 2.45) is 0 Å². The highest BCUT2D eigenvalue weighted by atomic mass is 35.5. The highest BCUT2D eigenvalue weighted by Crippen LogP contribution is 2.36. The molecule has 70 valence electrons. The zero-order valence-corrected chi connectivity index (χ0v) is 9.05. The average Bonchev–Trinajstić information content (AvgIpc) is 2.03. The van der Waals surface area contributed by atoms with Crippen LogP contribution < -0.4 is 5.32 Å². The molecule has 1 aliphatic heterocycles. The first kappa shape index (κ1) is 9.60. The zero-order valence-electron chi connectivity index (χ0n) is 6.78. The monoisotopic (exact) mass is 235 g/mol. The summed E-state index contributed by atoms with van der Waals surface area (Å²) in [7, 11) is 0. The van der Waals surface area contributed by atoms with Crippen LogP contribution >= 0.6 is 34.8 Å². The molecule has 4 heteroatoms.